The number of hydrogen-bond acceptors (Lipinski definition) is 3. The van der Waals surface area contributed by atoms with Crippen LogP contribution in [0.25, 0.3) is 0 Å². The Labute approximate surface area is 94.7 Å². The molecule has 1 rings (SSSR count). The average Bonchev–Trinajstić information content (AvgIpc) is 2.18. The van der Waals surface area contributed by atoms with Crippen molar-refractivity contribution in [3.05, 3.63) is 11.1 Å². The van der Waals surface area contributed by atoms with Gasteiger partial charge in [0.25, 0.3) is 11.8 Å². The minimum absolute atomic E-state index is 0.114. The summed E-state index contributed by atoms with van der Waals surface area (Å²) in [5, 5.41) is 0. The monoisotopic (exact) mass is 224 g/mol. The lowest BCUT2D eigenvalue weighted by atomic mass is 10.1. The molecule has 4 amide bonds. The van der Waals surface area contributed by atoms with Crippen molar-refractivity contribution in [3.8, 4) is 0 Å². The minimum atomic E-state index is -0.523. The van der Waals surface area contributed by atoms with Gasteiger partial charge in [-0.3, -0.25) is 19.4 Å². The summed E-state index contributed by atoms with van der Waals surface area (Å²) >= 11 is 0. The van der Waals surface area contributed by atoms with Crippen molar-refractivity contribution >= 4 is 17.8 Å². The van der Waals surface area contributed by atoms with Gasteiger partial charge in [0, 0.05) is 13.1 Å². The Kier molecular flexibility index (Phi) is 3.47. The first kappa shape index (κ1) is 12.4. The van der Waals surface area contributed by atoms with E-state index in [-0.39, 0.29) is 18.7 Å². The predicted molar refractivity (Wildman–Crippen MR) is 58.5 cm³/mol. The van der Waals surface area contributed by atoms with Crippen LogP contribution in [0.1, 0.15) is 27.7 Å². The van der Waals surface area contributed by atoms with Crippen LogP contribution >= 0.6 is 0 Å². The molecule has 1 aliphatic rings. The molecule has 5 nitrogen and oxygen atoms in total. The van der Waals surface area contributed by atoms with E-state index in [2.05, 4.69) is 0 Å². The van der Waals surface area contributed by atoms with E-state index < -0.39 is 17.8 Å². The van der Waals surface area contributed by atoms with E-state index in [0.717, 1.165) is 9.80 Å². The summed E-state index contributed by atoms with van der Waals surface area (Å²) in [7, 11) is 0. The Bertz CT molecular complexity index is 353. The van der Waals surface area contributed by atoms with Gasteiger partial charge in [-0.15, -0.1) is 0 Å². The molecule has 0 unspecified atom stereocenters. The number of carbonyl (C=O) groups excluding carboxylic acids is 3. The summed E-state index contributed by atoms with van der Waals surface area (Å²) in [6.45, 7) is 7.37. The Morgan fingerprint density at radius 1 is 0.938 bits per heavy atom. The van der Waals surface area contributed by atoms with Gasteiger partial charge in [0.1, 0.15) is 5.57 Å². The molecule has 0 radical (unpaired) electrons. The molecule has 1 fully saturated rings. The lowest BCUT2D eigenvalue weighted by Gasteiger charge is -2.33. The molecule has 5 heteroatoms. The summed E-state index contributed by atoms with van der Waals surface area (Å²) in [6.07, 6.45) is 0. The number of imide groups is 2. The van der Waals surface area contributed by atoms with Crippen molar-refractivity contribution in [1.29, 1.82) is 0 Å². The van der Waals surface area contributed by atoms with Crippen molar-refractivity contribution in [2.75, 3.05) is 13.1 Å². The van der Waals surface area contributed by atoms with Gasteiger partial charge in [0.15, 0.2) is 0 Å². The molecule has 0 spiro atoms. The van der Waals surface area contributed by atoms with E-state index in [9.17, 15) is 14.4 Å². The smallest absolute Gasteiger partial charge is 0.268 e. The zero-order valence-corrected chi connectivity index (χ0v) is 10.0. The summed E-state index contributed by atoms with van der Waals surface area (Å²) < 4.78 is 0. The Balaban J connectivity index is 3.27. The molecule has 0 saturated carbocycles. The largest absolute Gasteiger partial charge is 0.333 e. The van der Waals surface area contributed by atoms with Crippen molar-refractivity contribution in [2.24, 2.45) is 0 Å². The molecule has 16 heavy (non-hydrogen) atoms. The van der Waals surface area contributed by atoms with Crippen molar-refractivity contribution in [2.45, 2.75) is 27.7 Å². The third-order valence-corrected chi connectivity index (χ3v) is 2.51. The third kappa shape index (κ3) is 1.73. The lowest BCUT2D eigenvalue weighted by Crippen LogP contribution is -2.56. The fourth-order valence-corrected chi connectivity index (χ4v) is 1.67. The molecular weight excluding hydrogens is 208 g/mol. The standard InChI is InChI=1S/C11H16N2O3/c1-5-12-9(14)8(7(3)4)10(15)13(6-2)11(12)16/h5-6H2,1-4H3. The number of allylic oxidation sites excluding steroid dienone is 1. The molecule has 0 atom stereocenters. The second-order valence-corrected chi connectivity index (χ2v) is 3.76. The van der Waals surface area contributed by atoms with Crippen LogP contribution in [0, 0.1) is 0 Å². The number of rotatable bonds is 2. The maximum Gasteiger partial charge on any atom is 0.333 e. The highest BCUT2D eigenvalue weighted by Gasteiger charge is 2.40. The fraction of sp³-hybridized carbons (Fsp3) is 0.545. The lowest BCUT2D eigenvalue weighted by molar-refractivity contribution is -0.135. The van der Waals surface area contributed by atoms with Crippen molar-refractivity contribution < 1.29 is 14.4 Å². The van der Waals surface area contributed by atoms with E-state index in [1.54, 1.807) is 27.7 Å². The first-order chi connectivity index (χ1) is 7.45. The number of carbonyl (C=O) groups is 3. The van der Waals surface area contributed by atoms with Gasteiger partial charge in [-0.2, -0.15) is 0 Å². The van der Waals surface area contributed by atoms with Gasteiger partial charge < -0.3 is 0 Å². The summed E-state index contributed by atoms with van der Waals surface area (Å²) in [5.74, 6) is -0.968. The first-order valence-electron chi connectivity index (χ1n) is 5.30. The Morgan fingerprint density at radius 2 is 1.31 bits per heavy atom. The molecule has 0 N–H and O–H groups in total. The number of hydrogen-bond donors (Lipinski definition) is 0. The van der Waals surface area contributed by atoms with E-state index >= 15 is 0 Å². The summed E-state index contributed by atoms with van der Waals surface area (Å²) in [4.78, 5) is 37.7. The molecule has 0 aliphatic carbocycles. The average molecular weight is 224 g/mol. The van der Waals surface area contributed by atoms with Gasteiger partial charge in [-0.1, -0.05) is 5.57 Å². The normalized spacial score (nSPS) is 17.2. The van der Waals surface area contributed by atoms with E-state index in [4.69, 9.17) is 0 Å². The zero-order chi connectivity index (χ0) is 12.5. The van der Waals surface area contributed by atoms with E-state index in [0.29, 0.717) is 5.57 Å². The maximum atomic E-state index is 11.9. The first-order valence-corrected chi connectivity index (χ1v) is 5.30. The topological polar surface area (TPSA) is 57.7 Å². The number of nitrogens with zero attached hydrogens (tertiary/aromatic N) is 2. The molecular formula is C11H16N2O3. The molecule has 88 valence electrons. The van der Waals surface area contributed by atoms with Crippen molar-refractivity contribution in [3.63, 3.8) is 0 Å². The van der Waals surface area contributed by atoms with Crippen LogP contribution in [0.3, 0.4) is 0 Å². The number of urea groups is 1. The van der Waals surface area contributed by atoms with Gasteiger partial charge in [0.05, 0.1) is 0 Å². The summed E-state index contributed by atoms with van der Waals surface area (Å²) in [6, 6.07) is -0.523. The quantitative estimate of drug-likeness (QED) is 0.522. The highest BCUT2D eigenvalue weighted by Crippen LogP contribution is 2.19. The number of barbiturate groups is 1. The third-order valence-electron chi connectivity index (χ3n) is 2.51. The van der Waals surface area contributed by atoms with Crippen LogP contribution < -0.4 is 0 Å². The van der Waals surface area contributed by atoms with Gasteiger partial charge in [-0.05, 0) is 27.7 Å². The van der Waals surface area contributed by atoms with Crippen LogP contribution in [0.4, 0.5) is 4.79 Å². The number of likely N-dealkylation sites (N-methyl/N-ethyl adjacent to an activating group) is 2. The van der Waals surface area contributed by atoms with Crippen LogP contribution in [0.2, 0.25) is 0 Å². The van der Waals surface area contributed by atoms with Gasteiger partial charge >= 0.3 is 6.03 Å². The summed E-state index contributed by atoms with van der Waals surface area (Å²) in [5.41, 5.74) is 0.753. The molecule has 0 aromatic carbocycles. The SMILES string of the molecule is CCN1C(=O)C(=C(C)C)C(=O)N(CC)C1=O. The number of amides is 4. The van der Waals surface area contributed by atoms with Gasteiger partial charge in [-0.25, -0.2) is 4.79 Å². The van der Waals surface area contributed by atoms with Crippen LogP contribution in [0.5, 0.6) is 0 Å². The predicted octanol–water partition coefficient (Wildman–Crippen LogP) is 1.15. The molecule has 1 saturated heterocycles. The van der Waals surface area contributed by atoms with E-state index in [1.165, 1.54) is 0 Å². The van der Waals surface area contributed by atoms with Crippen LogP contribution in [-0.2, 0) is 9.59 Å². The highest BCUT2D eigenvalue weighted by atomic mass is 16.2. The second-order valence-electron chi connectivity index (χ2n) is 3.76. The van der Waals surface area contributed by atoms with E-state index in [1.807, 2.05) is 0 Å². The fourth-order valence-electron chi connectivity index (χ4n) is 1.67. The maximum absolute atomic E-state index is 11.9. The minimum Gasteiger partial charge on any atom is -0.268 e. The molecule has 0 aromatic rings. The van der Waals surface area contributed by atoms with Crippen molar-refractivity contribution in [1.82, 2.24) is 9.80 Å². The molecule has 0 aromatic heterocycles. The molecule has 1 aliphatic heterocycles. The second kappa shape index (κ2) is 4.47. The Hall–Kier alpha value is -1.65. The molecule has 1 heterocycles. The Morgan fingerprint density at radius 3 is 1.56 bits per heavy atom. The molecule has 0 bridgehead atoms. The van der Waals surface area contributed by atoms with Crippen LogP contribution in [0.15, 0.2) is 11.1 Å². The van der Waals surface area contributed by atoms with Gasteiger partial charge in [0.2, 0.25) is 0 Å². The highest BCUT2D eigenvalue weighted by molar-refractivity contribution is 6.29. The van der Waals surface area contributed by atoms with Crippen LogP contribution in [-0.4, -0.2) is 40.7 Å². The zero-order valence-electron chi connectivity index (χ0n) is 10.0.